The molecule has 0 spiro atoms. The van der Waals surface area contributed by atoms with Crippen molar-refractivity contribution >= 4 is 51.2 Å². The number of anilines is 2. The van der Waals surface area contributed by atoms with Crippen molar-refractivity contribution in [3.8, 4) is 11.6 Å². The molecule has 0 radical (unpaired) electrons. The van der Waals surface area contributed by atoms with Crippen LogP contribution in [0.5, 0.6) is 11.6 Å². The van der Waals surface area contributed by atoms with Gasteiger partial charge in [0.05, 0.1) is 17.4 Å². The number of piperazine rings is 1. The summed E-state index contributed by atoms with van der Waals surface area (Å²) >= 11 is 0. The Labute approximate surface area is 292 Å². The molecule has 1 aliphatic rings. The number of nitrogens with one attached hydrogen (secondary N) is 1. The second-order valence-electron chi connectivity index (χ2n) is 11.6. The van der Waals surface area contributed by atoms with Crippen molar-refractivity contribution in [3.05, 3.63) is 114 Å². The van der Waals surface area contributed by atoms with Gasteiger partial charge in [-0.05, 0) is 67.1 Å². The van der Waals surface area contributed by atoms with Gasteiger partial charge in [0, 0.05) is 69.0 Å². The largest absolute Gasteiger partial charge is 0.439 e. The minimum atomic E-state index is -4.46. The standard InChI is InChI=1S/C36H35F3N6O3.BrH/c1-3-45(35(47)41-28-11-9-27(10-12-28)36(37,38)39)29-13-16-33(40-23-29)48-30-14-15-31-26(21-30)22-32(42(31)2)34(46)44-19-17-43(18-20-44)24-25-7-5-4-6-8-25;/h4-16,21-23H,3,17-20,24H2,1-2H3,(H,41,47);1H. The van der Waals surface area contributed by atoms with Gasteiger partial charge in [0.1, 0.15) is 11.4 Å². The zero-order valence-corrected chi connectivity index (χ0v) is 28.7. The van der Waals surface area contributed by atoms with Crippen molar-refractivity contribution in [1.29, 1.82) is 0 Å². The van der Waals surface area contributed by atoms with E-state index in [1.165, 1.54) is 28.8 Å². The Morgan fingerprint density at radius 1 is 0.918 bits per heavy atom. The van der Waals surface area contributed by atoms with Crippen molar-refractivity contribution < 1.29 is 27.5 Å². The molecule has 3 heterocycles. The number of rotatable bonds is 8. The van der Waals surface area contributed by atoms with Crippen molar-refractivity contribution in [2.24, 2.45) is 7.05 Å². The lowest BCUT2D eigenvalue weighted by molar-refractivity contribution is -0.137. The minimum Gasteiger partial charge on any atom is -0.439 e. The molecule has 3 aromatic carbocycles. The Morgan fingerprint density at radius 3 is 2.27 bits per heavy atom. The maximum atomic E-state index is 13.5. The van der Waals surface area contributed by atoms with Crippen LogP contribution >= 0.6 is 17.0 Å². The van der Waals surface area contributed by atoms with E-state index in [1.54, 1.807) is 19.1 Å². The lowest BCUT2D eigenvalue weighted by Crippen LogP contribution is -2.48. The second-order valence-corrected chi connectivity index (χ2v) is 11.6. The molecule has 1 saturated heterocycles. The van der Waals surface area contributed by atoms with E-state index in [-0.39, 0.29) is 28.6 Å². The summed E-state index contributed by atoms with van der Waals surface area (Å²) < 4.78 is 46.5. The number of hydrogen-bond acceptors (Lipinski definition) is 5. The number of hydrogen-bond donors (Lipinski definition) is 1. The van der Waals surface area contributed by atoms with Gasteiger partial charge < -0.3 is 19.5 Å². The molecule has 0 aliphatic carbocycles. The van der Waals surface area contributed by atoms with Crippen molar-refractivity contribution in [2.45, 2.75) is 19.6 Å². The maximum absolute atomic E-state index is 13.5. The summed E-state index contributed by atoms with van der Waals surface area (Å²) in [6.45, 7) is 5.89. The average Bonchev–Trinajstić information content (AvgIpc) is 3.41. The van der Waals surface area contributed by atoms with Crippen LogP contribution in [0.15, 0.2) is 97.2 Å². The van der Waals surface area contributed by atoms with Gasteiger partial charge in [0.15, 0.2) is 0 Å². The third-order valence-electron chi connectivity index (χ3n) is 8.42. The molecule has 13 heteroatoms. The van der Waals surface area contributed by atoms with Gasteiger partial charge in [-0.2, -0.15) is 13.2 Å². The van der Waals surface area contributed by atoms with E-state index in [9.17, 15) is 22.8 Å². The van der Waals surface area contributed by atoms with Crippen LogP contribution in [0.1, 0.15) is 28.5 Å². The molecule has 0 unspecified atom stereocenters. The Kier molecular flexibility index (Phi) is 10.9. The topological polar surface area (TPSA) is 82.9 Å². The first-order valence-corrected chi connectivity index (χ1v) is 15.6. The first-order valence-electron chi connectivity index (χ1n) is 15.6. The first kappa shape index (κ1) is 35.4. The van der Waals surface area contributed by atoms with Gasteiger partial charge in [-0.1, -0.05) is 30.3 Å². The number of amides is 3. The van der Waals surface area contributed by atoms with Crippen LogP contribution in [-0.4, -0.2) is 64.0 Å². The summed E-state index contributed by atoms with van der Waals surface area (Å²) in [5.74, 6) is 0.836. The Morgan fingerprint density at radius 2 is 1.63 bits per heavy atom. The van der Waals surface area contributed by atoms with Crippen molar-refractivity contribution in [3.63, 3.8) is 0 Å². The molecule has 0 saturated carbocycles. The van der Waals surface area contributed by atoms with Crippen LogP contribution in [0.25, 0.3) is 10.9 Å². The number of pyridine rings is 1. The highest BCUT2D eigenvalue weighted by Crippen LogP contribution is 2.31. The van der Waals surface area contributed by atoms with E-state index in [4.69, 9.17) is 4.74 Å². The lowest BCUT2D eigenvalue weighted by Gasteiger charge is -2.34. The molecule has 1 N–H and O–H groups in total. The van der Waals surface area contributed by atoms with Gasteiger partial charge in [-0.3, -0.25) is 14.6 Å². The number of carbonyl (C=O) groups excluding carboxylic acids is 2. The number of nitrogens with zero attached hydrogens (tertiary/aromatic N) is 5. The molecule has 5 aromatic rings. The molecule has 0 atom stereocenters. The maximum Gasteiger partial charge on any atom is 0.416 e. The number of benzene rings is 3. The summed E-state index contributed by atoms with van der Waals surface area (Å²) in [7, 11) is 1.88. The molecule has 2 aromatic heterocycles. The van der Waals surface area contributed by atoms with Crippen LogP contribution in [0.3, 0.4) is 0 Å². The van der Waals surface area contributed by atoms with E-state index < -0.39 is 17.8 Å². The third kappa shape index (κ3) is 8.23. The van der Waals surface area contributed by atoms with E-state index >= 15 is 0 Å². The average molecular weight is 738 g/mol. The van der Waals surface area contributed by atoms with Gasteiger partial charge in [0.2, 0.25) is 5.88 Å². The molecule has 3 amide bonds. The van der Waals surface area contributed by atoms with E-state index in [0.717, 1.165) is 42.7 Å². The Hall–Kier alpha value is -4.88. The zero-order valence-electron chi connectivity index (χ0n) is 27.0. The fraction of sp³-hybridized carbons (Fsp3) is 0.250. The number of halogens is 4. The molecular formula is C36H36BrF3N6O3. The molecule has 1 aliphatic heterocycles. The minimum absolute atomic E-state index is 0. The fourth-order valence-electron chi connectivity index (χ4n) is 5.80. The highest BCUT2D eigenvalue weighted by atomic mass is 79.9. The normalized spacial score (nSPS) is 13.5. The smallest absolute Gasteiger partial charge is 0.416 e. The highest BCUT2D eigenvalue weighted by Gasteiger charge is 2.30. The monoisotopic (exact) mass is 736 g/mol. The van der Waals surface area contributed by atoms with Gasteiger partial charge in [-0.25, -0.2) is 9.78 Å². The van der Waals surface area contributed by atoms with E-state index in [0.29, 0.717) is 42.6 Å². The molecule has 6 rings (SSSR count). The number of carbonyl (C=O) groups is 2. The summed E-state index contributed by atoms with van der Waals surface area (Å²) in [6, 6.07) is 24.8. The zero-order chi connectivity index (χ0) is 33.8. The second kappa shape index (κ2) is 15.1. The first-order chi connectivity index (χ1) is 23.1. The third-order valence-corrected chi connectivity index (χ3v) is 8.42. The molecule has 1 fully saturated rings. The van der Waals surface area contributed by atoms with Crippen LogP contribution in [0.4, 0.5) is 29.3 Å². The van der Waals surface area contributed by atoms with Crippen LogP contribution in [-0.2, 0) is 19.8 Å². The fourth-order valence-corrected chi connectivity index (χ4v) is 5.80. The molecule has 256 valence electrons. The quantitative estimate of drug-likeness (QED) is 0.175. The highest BCUT2D eigenvalue weighted by molar-refractivity contribution is 8.93. The van der Waals surface area contributed by atoms with Gasteiger partial charge >= 0.3 is 12.2 Å². The van der Waals surface area contributed by atoms with E-state index in [2.05, 4.69) is 27.3 Å². The number of urea groups is 1. The summed E-state index contributed by atoms with van der Waals surface area (Å²) in [5.41, 5.74) is 2.70. The molecule has 0 bridgehead atoms. The van der Waals surface area contributed by atoms with E-state index in [1.807, 2.05) is 59.0 Å². The Bertz CT molecular complexity index is 1890. The number of aryl methyl sites for hydroxylation is 1. The lowest BCUT2D eigenvalue weighted by atomic mass is 10.2. The predicted molar refractivity (Wildman–Crippen MR) is 189 cm³/mol. The number of ether oxygens (including phenoxy) is 1. The predicted octanol–water partition coefficient (Wildman–Crippen LogP) is 7.98. The van der Waals surface area contributed by atoms with Gasteiger partial charge in [0.25, 0.3) is 5.91 Å². The van der Waals surface area contributed by atoms with Crippen LogP contribution in [0.2, 0.25) is 0 Å². The SMILES string of the molecule is Br.CCN(C(=O)Nc1ccc(C(F)(F)F)cc1)c1ccc(Oc2ccc3c(c2)cc(C(=O)N2CCN(Cc4ccccc4)CC2)n3C)nc1. The summed E-state index contributed by atoms with van der Waals surface area (Å²) in [4.78, 5) is 36.4. The molecule has 9 nitrogen and oxygen atoms in total. The number of aromatic nitrogens is 2. The molecule has 49 heavy (non-hydrogen) atoms. The molecular weight excluding hydrogens is 701 g/mol. The van der Waals surface area contributed by atoms with Crippen LogP contribution in [0, 0.1) is 0 Å². The summed E-state index contributed by atoms with van der Waals surface area (Å²) in [5, 5.41) is 3.47. The Balaban J connectivity index is 0.00000468. The number of fused-ring (bicyclic) bond motifs is 1. The van der Waals surface area contributed by atoms with Gasteiger partial charge in [-0.15, -0.1) is 17.0 Å². The van der Waals surface area contributed by atoms with Crippen molar-refractivity contribution in [1.82, 2.24) is 19.4 Å². The number of alkyl halides is 3. The summed E-state index contributed by atoms with van der Waals surface area (Å²) in [6.07, 6.45) is -2.97. The van der Waals surface area contributed by atoms with Crippen molar-refractivity contribution in [2.75, 3.05) is 42.9 Å². The van der Waals surface area contributed by atoms with Crippen LogP contribution < -0.4 is 15.0 Å².